The highest BCUT2D eigenvalue weighted by Gasteiger charge is 2.10. The summed E-state index contributed by atoms with van der Waals surface area (Å²) in [6, 6.07) is 9.84. The number of aromatic nitrogens is 1. The van der Waals surface area contributed by atoms with Crippen LogP contribution >= 0.6 is 0 Å². The molecule has 4 heteroatoms. The molecule has 19 heavy (non-hydrogen) atoms. The Balaban J connectivity index is 2.15. The van der Waals surface area contributed by atoms with Gasteiger partial charge in [0.25, 0.3) is 0 Å². The van der Waals surface area contributed by atoms with E-state index in [-0.39, 0.29) is 11.9 Å². The molecule has 1 atom stereocenters. The minimum absolute atomic E-state index is 0.281. The number of benzene rings is 1. The summed E-state index contributed by atoms with van der Waals surface area (Å²) in [6.45, 7) is 4.06. The second-order valence-electron chi connectivity index (χ2n) is 4.53. The Kier molecular flexibility index (Phi) is 4.12. The molecule has 0 saturated heterocycles. The smallest absolute Gasteiger partial charge is 0.130 e. The van der Waals surface area contributed by atoms with E-state index in [1.807, 2.05) is 25.1 Å². The molecular formula is C15H17FN2O. The predicted octanol–water partition coefficient (Wildman–Crippen LogP) is 3.13. The number of pyridine rings is 1. The Morgan fingerprint density at radius 3 is 2.79 bits per heavy atom. The highest BCUT2D eigenvalue weighted by Crippen LogP contribution is 2.25. The molecular weight excluding hydrogens is 243 g/mol. The van der Waals surface area contributed by atoms with E-state index in [1.165, 1.54) is 12.1 Å². The molecule has 0 aliphatic heterocycles. The van der Waals surface area contributed by atoms with Gasteiger partial charge in [-0.05, 0) is 44.2 Å². The highest BCUT2D eigenvalue weighted by atomic mass is 19.1. The van der Waals surface area contributed by atoms with Crippen molar-refractivity contribution in [1.82, 2.24) is 4.98 Å². The first kappa shape index (κ1) is 13.5. The largest absolute Gasteiger partial charge is 0.487 e. The third kappa shape index (κ3) is 3.51. The predicted molar refractivity (Wildman–Crippen MR) is 72.3 cm³/mol. The number of rotatable bonds is 4. The average Bonchev–Trinajstić information content (AvgIpc) is 2.37. The minimum atomic E-state index is -0.312. The third-order valence-electron chi connectivity index (χ3n) is 2.78. The van der Waals surface area contributed by atoms with E-state index in [2.05, 4.69) is 4.98 Å². The molecule has 2 aromatic rings. The monoisotopic (exact) mass is 260 g/mol. The molecule has 100 valence electrons. The van der Waals surface area contributed by atoms with Gasteiger partial charge in [0.05, 0.1) is 5.69 Å². The topological polar surface area (TPSA) is 48.1 Å². The van der Waals surface area contributed by atoms with Gasteiger partial charge in [-0.1, -0.05) is 6.07 Å². The van der Waals surface area contributed by atoms with E-state index in [4.69, 9.17) is 10.5 Å². The van der Waals surface area contributed by atoms with E-state index in [0.717, 1.165) is 11.4 Å². The molecule has 1 aromatic carbocycles. The van der Waals surface area contributed by atoms with Crippen molar-refractivity contribution in [1.29, 1.82) is 0 Å². The molecule has 0 spiro atoms. The van der Waals surface area contributed by atoms with Crippen LogP contribution in [0.5, 0.6) is 5.75 Å². The van der Waals surface area contributed by atoms with Crippen molar-refractivity contribution in [2.75, 3.05) is 0 Å². The molecule has 0 fully saturated rings. The van der Waals surface area contributed by atoms with Crippen molar-refractivity contribution < 1.29 is 9.13 Å². The molecule has 0 saturated carbocycles. The van der Waals surface area contributed by atoms with Crippen LogP contribution < -0.4 is 10.5 Å². The van der Waals surface area contributed by atoms with Crippen LogP contribution in [0.25, 0.3) is 0 Å². The standard InChI is InChI=1S/C15H17FN2O/c1-10-4-3-5-13(18-10)9-19-15-7-6-12(16)8-14(15)11(2)17/h3-8,11H,9,17H2,1-2H3/t11-/m0/s1. The van der Waals surface area contributed by atoms with Crippen LogP contribution in [0.15, 0.2) is 36.4 Å². The van der Waals surface area contributed by atoms with Gasteiger partial charge in [-0.25, -0.2) is 4.39 Å². The molecule has 1 heterocycles. The maximum Gasteiger partial charge on any atom is 0.130 e. The van der Waals surface area contributed by atoms with Gasteiger partial charge in [0.1, 0.15) is 18.2 Å². The fourth-order valence-corrected chi connectivity index (χ4v) is 1.84. The maximum absolute atomic E-state index is 13.2. The Morgan fingerprint density at radius 1 is 1.32 bits per heavy atom. The Morgan fingerprint density at radius 2 is 2.11 bits per heavy atom. The number of ether oxygens (including phenoxy) is 1. The first-order valence-electron chi connectivity index (χ1n) is 6.16. The van der Waals surface area contributed by atoms with E-state index >= 15 is 0 Å². The van der Waals surface area contributed by atoms with E-state index in [0.29, 0.717) is 17.9 Å². The molecule has 0 aliphatic carbocycles. The van der Waals surface area contributed by atoms with Gasteiger partial charge in [-0.15, -0.1) is 0 Å². The summed E-state index contributed by atoms with van der Waals surface area (Å²) in [5.41, 5.74) is 8.24. The Bertz CT molecular complexity index is 570. The number of nitrogens with two attached hydrogens (primary N) is 1. The summed E-state index contributed by atoms with van der Waals surface area (Å²) in [4.78, 5) is 4.35. The van der Waals surface area contributed by atoms with Crippen molar-refractivity contribution in [2.24, 2.45) is 5.73 Å². The summed E-state index contributed by atoms with van der Waals surface area (Å²) in [5.74, 6) is 0.285. The summed E-state index contributed by atoms with van der Waals surface area (Å²) in [7, 11) is 0. The lowest BCUT2D eigenvalue weighted by Crippen LogP contribution is -2.09. The zero-order chi connectivity index (χ0) is 13.8. The first-order valence-corrected chi connectivity index (χ1v) is 6.16. The van der Waals surface area contributed by atoms with Crippen LogP contribution in [0.4, 0.5) is 4.39 Å². The van der Waals surface area contributed by atoms with E-state index < -0.39 is 0 Å². The second kappa shape index (κ2) is 5.80. The zero-order valence-electron chi connectivity index (χ0n) is 11.1. The fraction of sp³-hybridized carbons (Fsp3) is 0.267. The van der Waals surface area contributed by atoms with Gasteiger partial charge in [0.2, 0.25) is 0 Å². The molecule has 2 N–H and O–H groups in total. The van der Waals surface area contributed by atoms with Crippen LogP contribution in [-0.4, -0.2) is 4.98 Å². The van der Waals surface area contributed by atoms with E-state index in [1.54, 1.807) is 13.0 Å². The lowest BCUT2D eigenvalue weighted by Gasteiger charge is -2.14. The molecule has 0 amide bonds. The van der Waals surface area contributed by atoms with Gasteiger partial charge in [-0.2, -0.15) is 0 Å². The van der Waals surface area contributed by atoms with Crippen LogP contribution in [-0.2, 0) is 6.61 Å². The summed E-state index contributed by atoms with van der Waals surface area (Å²) < 4.78 is 18.9. The van der Waals surface area contributed by atoms with Gasteiger partial charge in [-0.3, -0.25) is 4.98 Å². The molecule has 0 unspecified atom stereocenters. The number of nitrogens with zero attached hydrogens (tertiary/aromatic N) is 1. The SMILES string of the molecule is Cc1cccc(COc2ccc(F)cc2[C@H](C)N)n1. The number of hydrogen-bond acceptors (Lipinski definition) is 3. The molecule has 0 aliphatic rings. The van der Waals surface area contributed by atoms with Crippen LogP contribution in [0, 0.1) is 12.7 Å². The van der Waals surface area contributed by atoms with Crippen molar-refractivity contribution in [3.63, 3.8) is 0 Å². The highest BCUT2D eigenvalue weighted by molar-refractivity contribution is 5.36. The van der Waals surface area contributed by atoms with Crippen molar-refractivity contribution in [3.05, 3.63) is 59.2 Å². The maximum atomic E-state index is 13.2. The number of aryl methyl sites for hydroxylation is 1. The summed E-state index contributed by atoms with van der Waals surface area (Å²) in [6.07, 6.45) is 0. The van der Waals surface area contributed by atoms with Crippen LogP contribution in [0.2, 0.25) is 0 Å². The summed E-state index contributed by atoms with van der Waals surface area (Å²) in [5, 5.41) is 0. The lowest BCUT2D eigenvalue weighted by molar-refractivity contribution is 0.296. The van der Waals surface area contributed by atoms with E-state index in [9.17, 15) is 4.39 Å². The van der Waals surface area contributed by atoms with Crippen LogP contribution in [0.3, 0.4) is 0 Å². The molecule has 2 rings (SSSR count). The lowest BCUT2D eigenvalue weighted by atomic mass is 10.1. The molecule has 1 aromatic heterocycles. The number of halogens is 1. The average molecular weight is 260 g/mol. The van der Waals surface area contributed by atoms with Crippen molar-refractivity contribution >= 4 is 0 Å². The molecule has 0 bridgehead atoms. The van der Waals surface area contributed by atoms with Crippen molar-refractivity contribution in [2.45, 2.75) is 26.5 Å². The van der Waals surface area contributed by atoms with Gasteiger partial charge < -0.3 is 10.5 Å². The Labute approximate surface area is 112 Å². The zero-order valence-corrected chi connectivity index (χ0v) is 11.1. The van der Waals surface area contributed by atoms with Gasteiger partial charge in [0, 0.05) is 17.3 Å². The summed E-state index contributed by atoms with van der Waals surface area (Å²) >= 11 is 0. The van der Waals surface area contributed by atoms with Gasteiger partial charge in [0.15, 0.2) is 0 Å². The molecule has 0 radical (unpaired) electrons. The first-order chi connectivity index (χ1) is 9.06. The Hall–Kier alpha value is -1.94. The minimum Gasteiger partial charge on any atom is -0.487 e. The molecule has 3 nitrogen and oxygen atoms in total. The normalized spacial score (nSPS) is 12.2. The number of hydrogen-bond donors (Lipinski definition) is 1. The quantitative estimate of drug-likeness (QED) is 0.918. The second-order valence-corrected chi connectivity index (χ2v) is 4.53. The third-order valence-corrected chi connectivity index (χ3v) is 2.78. The van der Waals surface area contributed by atoms with Gasteiger partial charge >= 0.3 is 0 Å². The fourth-order valence-electron chi connectivity index (χ4n) is 1.84. The van der Waals surface area contributed by atoms with Crippen LogP contribution in [0.1, 0.15) is 29.9 Å². The van der Waals surface area contributed by atoms with Crippen molar-refractivity contribution in [3.8, 4) is 5.75 Å².